The smallest absolute Gasteiger partial charge is 0.290 e. The van der Waals surface area contributed by atoms with E-state index in [1.807, 2.05) is 42.5 Å². The summed E-state index contributed by atoms with van der Waals surface area (Å²) in [5.74, 6) is -1.60. The fourth-order valence-corrected chi connectivity index (χ4v) is 4.22. The van der Waals surface area contributed by atoms with Gasteiger partial charge in [0.2, 0.25) is 5.78 Å². The zero-order valence-corrected chi connectivity index (χ0v) is 18.3. The summed E-state index contributed by atoms with van der Waals surface area (Å²) in [4.78, 5) is 32.1. The molecule has 0 aliphatic carbocycles. The number of nitrogens with zero attached hydrogens (tertiary/aromatic N) is 2. The SMILES string of the molecule is O=C(C1=C(O)C(=O)N(Cc2ccncc2)C1c1ccc(Br)cc1)c1cc2ccccc2o1. The van der Waals surface area contributed by atoms with Crippen LogP contribution in [0.15, 0.2) is 99.3 Å². The lowest BCUT2D eigenvalue weighted by Gasteiger charge is -2.26. The lowest BCUT2D eigenvalue weighted by atomic mass is 9.95. The van der Waals surface area contributed by atoms with Crippen LogP contribution in [-0.4, -0.2) is 26.7 Å². The van der Waals surface area contributed by atoms with Gasteiger partial charge < -0.3 is 14.4 Å². The van der Waals surface area contributed by atoms with Gasteiger partial charge in [-0.3, -0.25) is 14.6 Å². The highest BCUT2D eigenvalue weighted by Gasteiger charge is 2.44. The second-order valence-electron chi connectivity index (χ2n) is 7.48. The number of benzene rings is 2. The van der Waals surface area contributed by atoms with Gasteiger partial charge in [-0.1, -0.05) is 46.3 Å². The molecule has 2 aromatic heterocycles. The number of hydrogen-bond acceptors (Lipinski definition) is 5. The fraction of sp³-hybridized carbons (Fsp3) is 0.0800. The van der Waals surface area contributed by atoms with E-state index >= 15 is 0 Å². The van der Waals surface area contributed by atoms with E-state index in [1.165, 1.54) is 4.90 Å². The fourth-order valence-electron chi connectivity index (χ4n) is 3.95. The number of pyridine rings is 1. The number of ketones is 1. The third-order valence-electron chi connectivity index (χ3n) is 5.49. The molecule has 32 heavy (non-hydrogen) atoms. The molecule has 0 spiro atoms. The zero-order valence-electron chi connectivity index (χ0n) is 16.7. The number of fused-ring (bicyclic) bond motifs is 1. The first kappa shape index (κ1) is 20.2. The third-order valence-corrected chi connectivity index (χ3v) is 6.01. The van der Waals surface area contributed by atoms with Crippen LogP contribution in [-0.2, 0) is 11.3 Å². The van der Waals surface area contributed by atoms with Crippen molar-refractivity contribution in [3.8, 4) is 0 Å². The number of carbonyl (C=O) groups is 2. The van der Waals surface area contributed by atoms with Crippen molar-refractivity contribution < 1.29 is 19.1 Å². The number of aliphatic hydroxyl groups is 1. The van der Waals surface area contributed by atoms with Gasteiger partial charge in [0, 0.05) is 28.8 Å². The predicted octanol–water partition coefficient (Wildman–Crippen LogP) is 5.37. The molecule has 0 saturated carbocycles. The van der Waals surface area contributed by atoms with E-state index in [0.717, 1.165) is 15.4 Å². The van der Waals surface area contributed by atoms with E-state index in [9.17, 15) is 14.7 Å². The topological polar surface area (TPSA) is 83.6 Å². The number of Topliss-reactive ketones (excluding diaryl/α,β-unsaturated/α-hetero) is 1. The molecule has 0 bridgehead atoms. The number of carbonyl (C=O) groups excluding carboxylic acids is 2. The van der Waals surface area contributed by atoms with E-state index in [0.29, 0.717) is 11.1 Å². The van der Waals surface area contributed by atoms with Crippen molar-refractivity contribution in [3.05, 3.63) is 112 Å². The molecular weight excluding hydrogens is 472 g/mol. The maximum Gasteiger partial charge on any atom is 0.290 e. The minimum atomic E-state index is -0.760. The van der Waals surface area contributed by atoms with Crippen LogP contribution in [0.2, 0.25) is 0 Å². The number of furan rings is 1. The first-order valence-corrected chi connectivity index (χ1v) is 10.7. The van der Waals surface area contributed by atoms with Crippen LogP contribution >= 0.6 is 15.9 Å². The summed E-state index contributed by atoms with van der Waals surface area (Å²) >= 11 is 3.42. The molecule has 4 aromatic rings. The number of rotatable bonds is 5. The van der Waals surface area contributed by atoms with Gasteiger partial charge in [0.1, 0.15) is 5.58 Å². The molecule has 0 fully saturated rings. The Bertz CT molecular complexity index is 1330. The van der Waals surface area contributed by atoms with Crippen molar-refractivity contribution >= 4 is 38.6 Å². The van der Waals surface area contributed by atoms with Gasteiger partial charge in [-0.25, -0.2) is 0 Å². The van der Waals surface area contributed by atoms with Gasteiger partial charge in [-0.05, 0) is 47.5 Å². The molecule has 1 unspecified atom stereocenters. The van der Waals surface area contributed by atoms with E-state index in [1.54, 1.807) is 36.7 Å². The first-order valence-electron chi connectivity index (χ1n) is 9.94. The summed E-state index contributed by atoms with van der Waals surface area (Å²) in [5, 5.41) is 11.6. The second-order valence-corrected chi connectivity index (χ2v) is 8.40. The number of para-hydroxylation sites is 1. The van der Waals surface area contributed by atoms with Gasteiger partial charge in [-0.15, -0.1) is 0 Å². The van der Waals surface area contributed by atoms with Crippen molar-refractivity contribution in [3.63, 3.8) is 0 Å². The molecule has 1 aliphatic heterocycles. The Hall–Kier alpha value is -3.71. The predicted molar refractivity (Wildman–Crippen MR) is 122 cm³/mol. The molecule has 3 heterocycles. The van der Waals surface area contributed by atoms with Crippen molar-refractivity contribution in [1.82, 2.24) is 9.88 Å². The van der Waals surface area contributed by atoms with Crippen LogP contribution in [0.3, 0.4) is 0 Å². The summed E-state index contributed by atoms with van der Waals surface area (Å²) < 4.78 is 6.61. The minimum Gasteiger partial charge on any atom is -0.503 e. The quantitative estimate of drug-likeness (QED) is 0.381. The third kappa shape index (κ3) is 3.50. The Morgan fingerprint density at radius 1 is 1.06 bits per heavy atom. The molecular formula is C25H17BrN2O4. The molecule has 7 heteroatoms. The number of aromatic nitrogens is 1. The summed E-state index contributed by atoms with van der Waals surface area (Å²) in [6.45, 7) is 0.211. The molecule has 2 aromatic carbocycles. The first-order chi connectivity index (χ1) is 15.5. The molecule has 5 rings (SSSR count). The Kier molecular flexibility index (Phi) is 5.11. The Balaban J connectivity index is 1.60. The van der Waals surface area contributed by atoms with Crippen LogP contribution in [0.1, 0.15) is 27.7 Å². The van der Waals surface area contributed by atoms with E-state index in [4.69, 9.17) is 4.42 Å². The number of hydrogen-bond donors (Lipinski definition) is 1. The average molecular weight is 489 g/mol. The van der Waals surface area contributed by atoms with Crippen molar-refractivity contribution in [2.24, 2.45) is 0 Å². The van der Waals surface area contributed by atoms with Gasteiger partial charge in [0.05, 0.1) is 11.6 Å². The van der Waals surface area contributed by atoms with Gasteiger partial charge in [0.15, 0.2) is 11.5 Å². The largest absolute Gasteiger partial charge is 0.503 e. The van der Waals surface area contributed by atoms with E-state index < -0.39 is 23.5 Å². The lowest BCUT2D eigenvalue weighted by molar-refractivity contribution is -0.130. The number of aliphatic hydroxyl groups excluding tert-OH is 1. The van der Waals surface area contributed by atoms with Crippen molar-refractivity contribution in [1.29, 1.82) is 0 Å². The van der Waals surface area contributed by atoms with Crippen LogP contribution in [0, 0.1) is 0 Å². The summed E-state index contributed by atoms with van der Waals surface area (Å²) in [7, 11) is 0. The maximum absolute atomic E-state index is 13.5. The van der Waals surface area contributed by atoms with Gasteiger partial charge in [0.25, 0.3) is 5.91 Å². The molecule has 1 amide bonds. The maximum atomic E-state index is 13.5. The zero-order chi connectivity index (χ0) is 22.2. The number of halogens is 1. The summed E-state index contributed by atoms with van der Waals surface area (Å²) in [5.41, 5.74) is 2.11. The van der Waals surface area contributed by atoms with Crippen LogP contribution in [0.4, 0.5) is 0 Å². The Labute approximate surface area is 191 Å². The number of amides is 1. The molecule has 0 radical (unpaired) electrons. The van der Waals surface area contributed by atoms with Crippen molar-refractivity contribution in [2.45, 2.75) is 12.6 Å². The van der Waals surface area contributed by atoms with E-state index in [-0.39, 0.29) is 17.9 Å². The molecule has 0 saturated heterocycles. The molecule has 158 valence electrons. The van der Waals surface area contributed by atoms with Gasteiger partial charge >= 0.3 is 0 Å². The summed E-state index contributed by atoms with van der Waals surface area (Å²) in [6.07, 6.45) is 3.27. The molecule has 6 nitrogen and oxygen atoms in total. The van der Waals surface area contributed by atoms with Gasteiger partial charge in [-0.2, -0.15) is 0 Å². The van der Waals surface area contributed by atoms with E-state index in [2.05, 4.69) is 20.9 Å². The highest BCUT2D eigenvalue weighted by Crippen LogP contribution is 2.40. The molecule has 1 atom stereocenters. The van der Waals surface area contributed by atoms with Crippen molar-refractivity contribution in [2.75, 3.05) is 0 Å². The normalized spacial score (nSPS) is 16.2. The standard InChI is InChI=1S/C25H17BrN2O4/c26-18-7-5-16(6-8-18)22-21(23(29)20-13-17-3-1-2-4-19(17)32-20)24(30)25(31)28(22)14-15-9-11-27-12-10-15/h1-13,22,30H,14H2. The highest BCUT2D eigenvalue weighted by molar-refractivity contribution is 9.10. The molecule has 1 aliphatic rings. The van der Waals surface area contributed by atoms with Crippen LogP contribution in [0.25, 0.3) is 11.0 Å². The minimum absolute atomic E-state index is 0.00503. The highest BCUT2D eigenvalue weighted by atomic mass is 79.9. The average Bonchev–Trinajstić information content (AvgIpc) is 3.35. The Morgan fingerprint density at radius 2 is 1.78 bits per heavy atom. The van der Waals surface area contributed by atoms with Crippen LogP contribution in [0.5, 0.6) is 0 Å². The summed E-state index contributed by atoms with van der Waals surface area (Å²) in [6, 6.07) is 19.1. The monoisotopic (exact) mass is 488 g/mol. The van der Waals surface area contributed by atoms with Crippen LogP contribution < -0.4 is 0 Å². The second kappa shape index (κ2) is 8.09. The molecule has 1 N–H and O–H groups in total. The Morgan fingerprint density at radius 3 is 2.50 bits per heavy atom. The lowest BCUT2D eigenvalue weighted by Crippen LogP contribution is -2.30.